The summed E-state index contributed by atoms with van der Waals surface area (Å²) in [6, 6.07) is 8.27. The van der Waals surface area contributed by atoms with Gasteiger partial charge in [0.25, 0.3) is 5.79 Å². The zero-order valence-corrected chi connectivity index (χ0v) is 23.0. The summed E-state index contributed by atoms with van der Waals surface area (Å²) < 4.78 is 13.5. The van der Waals surface area contributed by atoms with Crippen molar-refractivity contribution < 1.29 is 18.9 Å². The average Bonchev–Trinajstić information content (AvgIpc) is 2.65. The molecule has 2 aliphatic rings. The molecular formula is C26H44O4Si. The van der Waals surface area contributed by atoms with Crippen LogP contribution in [0.25, 0.3) is 0 Å². The fourth-order valence-electron chi connectivity index (χ4n) is 5.71. The summed E-state index contributed by atoms with van der Waals surface area (Å²) in [5.41, 5.74) is -0.248. The highest BCUT2D eigenvalue weighted by molar-refractivity contribution is 6.74. The number of benzene rings is 1. The molecule has 0 amide bonds. The van der Waals surface area contributed by atoms with Gasteiger partial charge in [-0.25, -0.2) is 4.89 Å². The van der Waals surface area contributed by atoms with Crippen LogP contribution in [0.1, 0.15) is 81.7 Å². The van der Waals surface area contributed by atoms with Crippen LogP contribution in [0.2, 0.25) is 18.1 Å². The molecule has 176 valence electrons. The van der Waals surface area contributed by atoms with Crippen molar-refractivity contribution in [3.63, 3.8) is 0 Å². The number of fused-ring (bicyclic) bond motifs is 1. The van der Waals surface area contributed by atoms with E-state index in [1.807, 2.05) is 12.1 Å². The molecule has 0 aromatic heterocycles. The predicted octanol–water partition coefficient (Wildman–Crippen LogP) is 7.44. The quantitative estimate of drug-likeness (QED) is 0.355. The van der Waals surface area contributed by atoms with E-state index in [1.54, 1.807) is 0 Å². The van der Waals surface area contributed by atoms with Crippen LogP contribution in [0.4, 0.5) is 0 Å². The Morgan fingerprint density at radius 2 is 1.48 bits per heavy atom. The lowest BCUT2D eigenvalue weighted by molar-refractivity contribution is -0.627. The number of hydrogen-bond acceptors (Lipinski definition) is 4. The maximum Gasteiger partial charge on any atom is 0.261 e. The van der Waals surface area contributed by atoms with Gasteiger partial charge in [-0.2, -0.15) is 4.89 Å². The molecule has 2 fully saturated rings. The highest BCUT2D eigenvalue weighted by Gasteiger charge is 2.84. The normalized spacial score (nSPS) is 31.2. The molecule has 3 atom stereocenters. The maximum atomic E-state index is 6.90. The molecule has 5 heteroatoms. The van der Waals surface area contributed by atoms with Crippen LogP contribution >= 0.6 is 0 Å². The monoisotopic (exact) mass is 448 g/mol. The van der Waals surface area contributed by atoms with Gasteiger partial charge in [-0.05, 0) is 35.7 Å². The van der Waals surface area contributed by atoms with Gasteiger partial charge in [-0.1, -0.05) is 88.3 Å². The molecule has 31 heavy (non-hydrogen) atoms. The first-order valence-electron chi connectivity index (χ1n) is 11.6. The second-order valence-electron chi connectivity index (χ2n) is 13.7. The minimum Gasteiger partial charge on any atom is -0.543 e. The molecule has 0 N–H and O–H groups in total. The molecule has 0 saturated carbocycles. The van der Waals surface area contributed by atoms with E-state index in [0.717, 1.165) is 11.3 Å². The van der Waals surface area contributed by atoms with Gasteiger partial charge in [0.2, 0.25) is 8.32 Å². The first kappa shape index (κ1) is 24.8. The predicted molar refractivity (Wildman–Crippen MR) is 128 cm³/mol. The summed E-state index contributed by atoms with van der Waals surface area (Å²) in [7, 11) is -1.97. The smallest absolute Gasteiger partial charge is 0.261 e. The first-order valence-corrected chi connectivity index (χ1v) is 14.5. The van der Waals surface area contributed by atoms with E-state index in [1.165, 1.54) is 0 Å². The summed E-state index contributed by atoms with van der Waals surface area (Å²) in [4.78, 5) is 12.1. The lowest BCUT2D eigenvalue weighted by atomic mass is 9.54. The Kier molecular flexibility index (Phi) is 5.44. The van der Waals surface area contributed by atoms with Crippen molar-refractivity contribution in [1.82, 2.24) is 0 Å². The van der Waals surface area contributed by atoms with Crippen LogP contribution in [0.3, 0.4) is 0 Å². The summed E-state index contributed by atoms with van der Waals surface area (Å²) in [6.07, 6.45) is -0.0494. The van der Waals surface area contributed by atoms with Crippen molar-refractivity contribution in [1.29, 1.82) is 0 Å². The molecule has 4 nitrogen and oxygen atoms in total. The molecule has 0 spiro atoms. The Morgan fingerprint density at radius 1 is 0.903 bits per heavy atom. The lowest BCUT2D eigenvalue weighted by Crippen LogP contribution is -2.73. The first-order chi connectivity index (χ1) is 13.7. The lowest BCUT2D eigenvalue weighted by Gasteiger charge is -2.61. The van der Waals surface area contributed by atoms with E-state index in [-0.39, 0.29) is 27.4 Å². The van der Waals surface area contributed by atoms with E-state index >= 15 is 0 Å². The fourth-order valence-corrected chi connectivity index (χ4v) is 6.73. The van der Waals surface area contributed by atoms with Crippen molar-refractivity contribution in [3.8, 4) is 5.75 Å². The molecular weight excluding hydrogens is 404 g/mol. The van der Waals surface area contributed by atoms with Crippen LogP contribution in [0, 0.1) is 16.2 Å². The van der Waals surface area contributed by atoms with Crippen LogP contribution < -0.4 is 4.43 Å². The molecule has 0 bridgehead atoms. The average molecular weight is 449 g/mol. The molecule has 2 heterocycles. The van der Waals surface area contributed by atoms with Gasteiger partial charge >= 0.3 is 0 Å². The minimum absolute atomic E-state index is 0.0494. The molecule has 0 radical (unpaired) electrons. The van der Waals surface area contributed by atoms with Crippen molar-refractivity contribution in [2.75, 3.05) is 0 Å². The zero-order valence-electron chi connectivity index (χ0n) is 22.0. The number of rotatable bonds is 3. The van der Waals surface area contributed by atoms with E-state index in [4.69, 9.17) is 18.9 Å². The van der Waals surface area contributed by atoms with Gasteiger partial charge in [-0.3, -0.25) is 0 Å². The van der Waals surface area contributed by atoms with Crippen LogP contribution in [0.15, 0.2) is 24.3 Å². The van der Waals surface area contributed by atoms with Gasteiger partial charge in [0, 0.05) is 16.4 Å². The molecule has 0 aliphatic carbocycles. The number of ether oxygens (including phenoxy) is 1. The highest BCUT2D eigenvalue weighted by atomic mass is 28.4. The van der Waals surface area contributed by atoms with Crippen LogP contribution in [-0.4, -0.2) is 20.0 Å². The maximum absolute atomic E-state index is 6.90. The van der Waals surface area contributed by atoms with E-state index in [0.29, 0.717) is 0 Å². The van der Waals surface area contributed by atoms with E-state index < -0.39 is 19.7 Å². The van der Waals surface area contributed by atoms with Crippen LogP contribution in [-0.2, 0) is 20.3 Å². The largest absolute Gasteiger partial charge is 0.543 e. The fraction of sp³-hybridized carbons (Fsp3) is 0.769. The highest BCUT2D eigenvalue weighted by Crippen LogP contribution is 2.73. The zero-order chi connectivity index (χ0) is 23.9. The Morgan fingerprint density at radius 3 is 1.90 bits per heavy atom. The third kappa shape index (κ3) is 3.34. The number of hydrogen-bond donors (Lipinski definition) is 0. The molecule has 3 unspecified atom stereocenters. The molecule has 2 aliphatic heterocycles. The van der Waals surface area contributed by atoms with E-state index in [2.05, 4.69) is 101 Å². The Labute approximate surface area is 191 Å². The molecule has 2 saturated heterocycles. The van der Waals surface area contributed by atoms with Crippen molar-refractivity contribution in [2.24, 2.45) is 16.2 Å². The SMILES string of the molecule is CC(C)(C)C1OC2(c3cccc(O[Si](C)(C)C(C)(C)C)c3)OOC2(C(C)(C)C)C1(C)C. The van der Waals surface area contributed by atoms with Gasteiger partial charge in [0.1, 0.15) is 5.75 Å². The van der Waals surface area contributed by atoms with Crippen LogP contribution in [0.5, 0.6) is 5.75 Å². The topological polar surface area (TPSA) is 36.9 Å². The standard InChI is InChI=1S/C26H44O4Si/c1-21(2,3)20-24(10,11)26(22(4,5)6)25(27-20,29-30-26)18-15-14-16-19(17-18)28-31(12,13)23(7,8)9/h14-17,20H,1-13H3. The Hall–Kier alpha value is -0.883. The second-order valence-corrected chi connectivity index (χ2v) is 18.4. The van der Waals surface area contributed by atoms with Gasteiger partial charge in [-0.15, -0.1) is 0 Å². The summed E-state index contributed by atoms with van der Waals surface area (Å²) >= 11 is 0. The Balaban J connectivity index is 2.14. The third-order valence-corrected chi connectivity index (χ3v) is 12.2. The van der Waals surface area contributed by atoms with Crippen molar-refractivity contribution >= 4 is 8.32 Å². The minimum atomic E-state index is -1.97. The molecule has 1 aromatic carbocycles. The summed E-state index contributed by atoms with van der Waals surface area (Å²) in [5, 5.41) is 0.121. The molecule has 3 rings (SSSR count). The van der Waals surface area contributed by atoms with Crippen molar-refractivity contribution in [2.45, 2.75) is 112 Å². The van der Waals surface area contributed by atoms with Gasteiger partial charge < -0.3 is 9.16 Å². The summed E-state index contributed by atoms with van der Waals surface area (Å²) in [5.74, 6) is -0.100. The van der Waals surface area contributed by atoms with Gasteiger partial charge in [0.15, 0.2) is 5.60 Å². The van der Waals surface area contributed by atoms with Gasteiger partial charge in [0.05, 0.1) is 6.10 Å². The van der Waals surface area contributed by atoms with E-state index in [9.17, 15) is 0 Å². The summed E-state index contributed by atoms with van der Waals surface area (Å²) in [6.45, 7) is 29.2. The molecule has 1 aromatic rings. The van der Waals surface area contributed by atoms with Crippen molar-refractivity contribution in [3.05, 3.63) is 29.8 Å². The third-order valence-electron chi connectivity index (χ3n) is 7.83. The second kappa shape index (κ2) is 6.82. The Bertz CT molecular complexity index is 840.